The monoisotopic (exact) mass is 425 g/mol. The molecule has 2 saturated heterocycles. The number of nitrogens with zero attached hydrogens (tertiary/aromatic N) is 1. The molecule has 158 valence electrons. The summed E-state index contributed by atoms with van der Waals surface area (Å²) in [5.74, 6) is 0.118. The molecule has 5 heteroatoms. The van der Waals surface area contributed by atoms with Crippen LogP contribution in [0.5, 0.6) is 0 Å². The van der Waals surface area contributed by atoms with Crippen molar-refractivity contribution in [3.63, 3.8) is 0 Å². The van der Waals surface area contributed by atoms with Gasteiger partial charge in [-0.05, 0) is 55.0 Å². The number of esters is 1. The van der Waals surface area contributed by atoms with Crippen LogP contribution in [0, 0.1) is 11.8 Å². The zero-order valence-corrected chi connectivity index (χ0v) is 17.9. The maximum absolute atomic E-state index is 12.9. The van der Waals surface area contributed by atoms with Crippen LogP contribution in [-0.4, -0.2) is 29.7 Å². The number of halogens is 1. The Balaban J connectivity index is 1.24. The molecular formula is C25H28ClNO3. The van der Waals surface area contributed by atoms with Gasteiger partial charge in [0.15, 0.2) is 0 Å². The third-order valence-electron chi connectivity index (χ3n) is 6.28. The molecule has 2 aliphatic rings. The Kier molecular flexibility index (Phi) is 6.86. The number of rotatable bonds is 8. The maximum Gasteiger partial charge on any atom is 0.307 e. The summed E-state index contributed by atoms with van der Waals surface area (Å²) >= 11 is 5.95. The topological polar surface area (TPSA) is 46.6 Å². The summed E-state index contributed by atoms with van der Waals surface area (Å²) in [7, 11) is 0. The summed E-state index contributed by atoms with van der Waals surface area (Å²) in [4.78, 5) is 27.2. The molecule has 0 spiro atoms. The van der Waals surface area contributed by atoms with Crippen molar-refractivity contribution in [2.75, 3.05) is 13.1 Å². The Morgan fingerprint density at radius 3 is 2.63 bits per heavy atom. The molecule has 0 saturated carbocycles. The highest BCUT2D eigenvalue weighted by atomic mass is 35.5. The number of carbonyl (C=O) groups excluding carboxylic acids is 2. The Hall–Kier alpha value is -2.17. The van der Waals surface area contributed by atoms with Crippen molar-refractivity contribution in [1.82, 2.24) is 4.90 Å². The van der Waals surface area contributed by atoms with E-state index in [0.29, 0.717) is 17.4 Å². The third kappa shape index (κ3) is 5.30. The first-order valence-electron chi connectivity index (χ1n) is 10.8. The molecule has 30 heavy (non-hydrogen) atoms. The summed E-state index contributed by atoms with van der Waals surface area (Å²) in [5, 5.41) is 0.629. The zero-order valence-electron chi connectivity index (χ0n) is 17.1. The molecule has 0 amide bonds. The first-order chi connectivity index (χ1) is 14.6. The minimum Gasteiger partial charge on any atom is -0.457 e. The van der Waals surface area contributed by atoms with Crippen molar-refractivity contribution in [3.05, 3.63) is 70.7 Å². The van der Waals surface area contributed by atoms with Gasteiger partial charge in [0.2, 0.25) is 0 Å². The van der Waals surface area contributed by atoms with Crippen LogP contribution in [0.4, 0.5) is 0 Å². The molecule has 0 aliphatic carbocycles. The largest absolute Gasteiger partial charge is 0.457 e. The van der Waals surface area contributed by atoms with Crippen molar-refractivity contribution in [2.45, 2.75) is 44.8 Å². The van der Waals surface area contributed by atoms with E-state index in [1.165, 1.54) is 12.0 Å². The molecule has 2 heterocycles. The van der Waals surface area contributed by atoms with Gasteiger partial charge in [0.25, 0.3) is 0 Å². The standard InChI is InChI=1S/C25H28ClNO3/c26-21-11-9-20(10-12-21)25-22(15-24(29)30-25)23(28)8-4-7-19-13-14-27(17-19)16-18-5-2-1-3-6-18/h1-3,5-6,9-12,19,22,25H,4,7-8,13-17H2/t19-,22-,25-/m1/s1. The lowest BCUT2D eigenvalue weighted by molar-refractivity contribution is -0.141. The van der Waals surface area contributed by atoms with Crippen LogP contribution in [0.25, 0.3) is 0 Å². The van der Waals surface area contributed by atoms with E-state index < -0.39 is 6.10 Å². The van der Waals surface area contributed by atoms with Crippen LogP contribution in [0.2, 0.25) is 5.02 Å². The van der Waals surface area contributed by atoms with Gasteiger partial charge in [0.05, 0.1) is 12.3 Å². The Morgan fingerprint density at radius 1 is 1.10 bits per heavy atom. The third-order valence-corrected chi connectivity index (χ3v) is 6.53. The highest BCUT2D eigenvalue weighted by Gasteiger charge is 2.40. The summed E-state index contributed by atoms with van der Waals surface area (Å²) in [6, 6.07) is 17.8. The highest BCUT2D eigenvalue weighted by Crippen LogP contribution is 2.37. The fraction of sp³-hybridized carbons (Fsp3) is 0.440. The van der Waals surface area contributed by atoms with Crippen LogP contribution in [-0.2, 0) is 20.9 Å². The van der Waals surface area contributed by atoms with Gasteiger partial charge >= 0.3 is 5.97 Å². The van der Waals surface area contributed by atoms with Crippen LogP contribution in [0.15, 0.2) is 54.6 Å². The van der Waals surface area contributed by atoms with E-state index >= 15 is 0 Å². The molecule has 2 aromatic rings. The number of benzene rings is 2. The summed E-state index contributed by atoms with van der Waals surface area (Å²) in [5.41, 5.74) is 2.20. The van der Waals surface area contributed by atoms with Gasteiger partial charge in [-0.3, -0.25) is 14.5 Å². The number of ketones is 1. The van der Waals surface area contributed by atoms with E-state index in [0.717, 1.165) is 38.0 Å². The Morgan fingerprint density at radius 2 is 1.87 bits per heavy atom. The fourth-order valence-corrected chi connectivity index (χ4v) is 4.80. The second kappa shape index (κ2) is 9.76. The van der Waals surface area contributed by atoms with Crippen LogP contribution >= 0.6 is 11.6 Å². The minimum absolute atomic E-state index is 0.139. The minimum atomic E-state index is -0.477. The molecule has 4 nitrogen and oxygen atoms in total. The van der Waals surface area contributed by atoms with Crippen LogP contribution in [0.3, 0.4) is 0 Å². The number of hydrogen-bond acceptors (Lipinski definition) is 4. The molecule has 0 bridgehead atoms. The van der Waals surface area contributed by atoms with Crippen LogP contribution in [0.1, 0.15) is 49.3 Å². The average Bonchev–Trinajstić information content (AvgIpc) is 3.35. The van der Waals surface area contributed by atoms with Gasteiger partial charge in [0.1, 0.15) is 11.9 Å². The number of carbonyl (C=O) groups is 2. The lowest BCUT2D eigenvalue weighted by Gasteiger charge is -2.18. The second-order valence-corrected chi connectivity index (χ2v) is 8.94. The molecule has 0 unspecified atom stereocenters. The molecular weight excluding hydrogens is 398 g/mol. The highest BCUT2D eigenvalue weighted by molar-refractivity contribution is 6.30. The van der Waals surface area contributed by atoms with E-state index in [1.807, 2.05) is 18.2 Å². The van der Waals surface area contributed by atoms with Crippen LogP contribution < -0.4 is 0 Å². The average molecular weight is 426 g/mol. The molecule has 3 atom stereocenters. The smallest absolute Gasteiger partial charge is 0.307 e. The Bertz CT molecular complexity index is 868. The molecule has 0 aromatic heterocycles. The van der Waals surface area contributed by atoms with E-state index in [1.54, 1.807) is 12.1 Å². The van der Waals surface area contributed by atoms with Crippen molar-refractivity contribution >= 4 is 23.4 Å². The molecule has 2 aliphatic heterocycles. The number of likely N-dealkylation sites (tertiary alicyclic amines) is 1. The van der Waals surface area contributed by atoms with Crippen molar-refractivity contribution in [3.8, 4) is 0 Å². The molecule has 2 aromatic carbocycles. The van der Waals surface area contributed by atoms with Crippen molar-refractivity contribution < 1.29 is 14.3 Å². The molecule has 0 N–H and O–H groups in total. The zero-order chi connectivity index (χ0) is 20.9. The van der Waals surface area contributed by atoms with Gasteiger partial charge in [-0.15, -0.1) is 0 Å². The van der Waals surface area contributed by atoms with E-state index in [-0.39, 0.29) is 24.1 Å². The van der Waals surface area contributed by atoms with E-state index in [2.05, 4.69) is 29.2 Å². The summed E-state index contributed by atoms with van der Waals surface area (Å²) in [6.45, 7) is 3.22. The first kappa shape index (κ1) is 21.1. The van der Waals surface area contributed by atoms with Gasteiger partial charge < -0.3 is 4.74 Å². The second-order valence-electron chi connectivity index (χ2n) is 8.51. The number of cyclic esters (lactones) is 1. The van der Waals surface area contributed by atoms with E-state index in [9.17, 15) is 9.59 Å². The maximum atomic E-state index is 12.9. The van der Waals surface area contributed by atoms with Crippen molar-refractivity contribution in [1.29, 1.82) is 0 Å². The van der Waals surface area contributed by atoms with E-state index in [4.69, 9.17) is 16.3 Å². The Labute approximate surface area is 183 Å². The first-order valence-corrected chi connectivity index (χ1v) is 11.2. The van der Waals surface area contributed by atoms with Crippen molar-refractivity contribution in [2.24, 2.45) is 11.8 Å². The predicted molar refractivity (Wildman–Crippen MR) is 117 cm³/mol. The lowest BCUT2D eigenvalue weighted by atomic mass is 9.88. The van der Waals surface area contributed by atoms with Gasteiger partial charge in [-0.25, -0.2) is 0 Å². The van der Waals surface area contributed by atoms with Gasteiger partial charge in [0, 0.05) is 24.5 Å². The van der Waals surface area contributed by atoms with Gasteiger partial charge in [-0.2, -0.15) is 0 Å². The quantitative estimate of drug-likeness (QED) is 0.545. The predicted octanol–water partition coefficient (Wildman–Crippen LogP) is 5.21. The molecule has 4 rings (SSSR count). The number of hydrogen-bond donors (Lipinski definition) is 0. The normalized spacial score (nSPS) is 24.2. The van der Waals surface area contributed by atoms with Gasteiger partial charge in [-0.1, -0.05) is 54.1 Å². The molecule has 0 radical (unpaired) electrons. The molecule has 2 fully saturated rings. The SMILES string of the molecule is O=C1C[C@H](C(=O)CCC[C@@H]2CCN(Cc3ccccc3)C2)[C@@H](c2ccc(Cl)cc2)O1. The number of ether oxygens (including phenoxy) is 1. The lowest BCUT2D eigenvalue weighted by Crippen LogP contribution is -2.20. The number of Topliss-reactive ketones (excluding diaryl/α,β-unsaturated/α-hetero) is 1. The summed E-state index contributed by atoms with van der Waals surface area (Å²) < 4.78 is 5.46. The fourth-order valence-electron chi connectivity index (χ4n) is 4.68. The summed E-state index contributed by atoms with van der Waals surface area (Å²) in [6.07, 6.45) is 3.35.